The molecule has 2 rings (SSSR count). The number of benzene rings is 1. The number of carbonyl (C=O) groups is 1. The Morgan fingerprint density at radius 2 is 2.17 bits per heavy atom. The van der Waals surface area contributed by atoms with Gasteiger partial charge in [0.1, 0.15) is 0 Å². The lowest BCUT2D eigenvalue weighted by atomic mass is 9.92. The van der Waals surface area contributed by atoms with Gasteiger partial charge in [0.15, 0.2) is 0 Å². The van der Waals surface area contributed by atoms with Gasteiger partial charge in [-0.3, -0.25) is 0 Å². The highest BCUT2D eigenvalue weighted by Crippen LogP contribution is 2.36. The van der Waals surface area contributed by atoms with Gasteiger partial charge in [-0.2, -0.15) is 0 Å². The summed E-state index contributed by atoms with van der Waals surface area (Å²) in [6, 6.07) is 7.52. The lowest BCUT2D eigenvalue weighted by Gasteiger charge is -2.25. The molecule has 1 aromatic carbocycles. The number of carbonyl (C=O) groups excluding carboxylic acids is 1. The van der Waals surface area contributed by atoms with E-state index in [9.17, 15) is 4.79 Å². The van der Waals surface area contributed by atoms with Crippen LogP contribution in [0, 0.1) is 5.92 Å². The van der Waals surface area contributed by atoms with Crippen molar-refractivity contribution in [3.63, 3.8) is 0 Å². The normalized spacial score (nSPS) is 16.9. The van der Waals surface area contributed by atoms with Gasteiger partial charge in [-0.25, -0.2) is 4.79 Å². The van der Waals surface area contributed by atoms with Crippen LogP contribution in [0.3, 0.4) is 0 Å². The maximum absolute atomic E-state index is 12.3. The van der Waals surface area contributed by atoms with Crippen LogP contribution in [0.4, 0.5) is 4.79 Å². The average molecular weight is 337 g/mol. The summed E-state index contributed by atoms with van der Waals surface area (Å²) in [6.07, 6.45) is 6.13. The second-order valence-corrected chi connectivity index (χ2v) is 6.28. The summed E-state index contributed by atoms with van der Waals surface area (Å²) in [5.74, 6) is 0.452. The molecule has 1 atom stereocenters. The topological polar surface area (TPSA) is 79.2 Å². The van der Waals surface area contributed by atoms with Crippen molar-refractivity contribution in [1.29, 1.82) is 0 Å². The number of nitrogens with one attached hydrogen (secondary N) is 3. The molecule has 1 unspecified atom stereocenters. The van der Waals surface area contributed by atoms with Crippen LogP contribution in [0.25, 0.3) is 0 Å². The number of likely N-dealkylation sites (N-methyl/N-ethyl adjacent to an activating group) is 1. The first-order valence-corrected chi connectivity index (χ1v) is 8.40. The summed E-state index contributed by atoms with van der Waals surface area (Å²) in [5, 5.41) is 9.55. The van der Waals surface area contributed by atoms with Gasteiger partial charge in [0.05, 0.1) is 12.6 Å². The van der Waals surface area contributed by atoms with Crippen molar-refractivity contribution in [3.05, 3.63) is 46.7 Å². The Labute approximate surface area is 142 Å². The highest BCUT2D eigenvalue weighted by atomic mass is 35.5. The van der Waals surface area contributed by atoms with Crippen LogP contribution in [0.15, 0.2) is 36.2 Å². The number of hydrogen-bond acceptors (Lipinski definition) is 3. The minimum absolute atomic E-state index is 0.0175. The Morgan fingerprint density at radius 3 is 2.78 bits per heavy atom. The van der Waals surface area contributed by atoms with Crippen LogP contribution < -0.4 is 21.7 Å². The molecule has 1 fully saturated rings. The van der Waals surface area contributed by atoms with Crippen LogP contribution in [-0.4, -0.2) is 19.6 Å². The summed E-state index contributed by atoms with van der Waals surface area (Å²) in [4.78, 5) is 12.3. The Kier molecular flexibility index (Phi) is 6.59. The SMILES string of the molecule is CN/C(=C\N)CNC(=O)NC(c1cccc(Cl)c1)C1CCCC1. The van der Waals surface area contributed by atoms with E-state index in [4.69, 9.17) is 17.3 Å². The maximum atomic E-state index is 12.3. The molecule has 23 heavy (non-hydrogen) atoms. The van der Waals surface area contributed by atoms with Crippen molar-refractivity contribution >= 4 is 17.6 Å². The van der Waals surface area contributed by atoms with Gasteiger partial charge in [0.25, 0.3) is 0 Å². The van der Waals surface area contributed by atoms with Crippen LogP contribution in [0.1, 0.15) is 37.3 Å². The third kappa shape index (κ3) is 5.06. The van der Waals surface area contributed by atoms with Crippen LogP contribution in [0.5, 0.6) is 0 Å². The van der Waals surface area contributed by atoms with Crippen molar-refractivity contribution in [2.24, 2.45) is 11.7 Å². The molecule has 2 amide bonds. The van der Waals surface area contributed by atoms with Gasteiger partial charge in [-0.05, 0) is 36.5 Å². The molecule has 5 nitrogen and oxygen atoms in total. The lowest BCUT2D eigenvalue weighted by molar-refractivity contribution is 0.231. The first kappa shape index (κ1) is 17.5. The molecule has 0 aliphatic heterocycles. The molecule has 0 aromatic heterocycles. The summed E-state index contributed by atoms with van der Waals surface area (Å²) in [6.45, 7) is 0.367. The molecule has 0 radical (unpaired) electrons. The van der Waals surface area contributed by atoms with E-state index in [1.54, 1.807) is 7.05 Å². The first-order chi connectivity index (χ1) is 11.1. The number of halogens is 1. The standard InChI is InChI=1S/C17H25ClN4O/c1-20-15(10-19)11-21-17(23)22-16(12-5-2-3-6-12)13-7-4-8-14(18)9-13/h4,7-10,12,16,20H,2-3,5-6,11,19H2,1H3,(H2,21,22,23)/b15-10-. The van der Waals surface area contributed by atoms with E-state index in [1.165, 1.54) is 19.0 Å². The minimum Gasteiger partial charge on any atom is -0.403 e. The van der Waals surface area contributed by atoms with Crippen molar-refractivity contribution in [3.8, 4) is 0 Å². The lowest BCUT2D eigenvalue weighted by Crippen LogP contribution is -2.41. The predicted molar refractivity (Wildman–Crippen MR) is 94.0 cm³/mol. The van der Waals surface area contributed by atoms with Crippen molar-refractivity contribution < 1.29 is 4.79 Å². The molecule has 0 spiro atoms. The zero-order valence-electron chi connectivity index (χ0n) is 13.4. The fourth-order valence-corrected chi connectivity index (χ4v) is 3.26. The fourth-order valence-electron chi connectivity index (χ4n) is 3.06. The maximum Gasteiger partial charge on any atom is 0.315 e. The molecule has 0 bridgehead atoms. The third-order valence-electron chi connectivity index (χ3n) is 4.33. The van der Waals surface area contributed by atoms with Crippen molar-refractivity contribution in [1.82, 2.24) is 16.0 Å². The molecule has 5 N–H and O–H groups in total. The molecule has 0 heterocycles. The van der Waals surface area contributed by atoms with E-state index < -0.39 is 0 Å². The monoisotopic (exact) mass is 336 g/mol. The third-order valence-corrected chi connectivity index (χ3v) is 4.56. The first-order valence-electron chi connectivity index (χ1n) is 8.02. The molecule has 126 valence electrons. The van der Waals surface area contributed by atoms with Gasteiger partial charge in [0, 0.05) is 24.0 Å². The molecule has 1 aliphatic carbocycles. The zero-order valence-corrected chi connectivity index (χ0v) is 14.2. The van der Waals surface area contributed by atoms with Gasteiger partial charge < -0.3 is 21.7 Å². The molecular weight excluding hydrogens is 312 g/mol. The van der Waals surface area contributed by atoms with Gasteiger partial charge in [0.2, 0.25) is 0 Å². The van der Waals surface area contributed by atoms with Crippen LogP contribution in [0.2, 0.25) is 5.02 Å². The second kappa shape index (κ2) is 8.67. The van der Waals surface area contributed by atoms with Crippen LogP contribution >= 0.6 is 11.6 Å². The van der Waals surface area contributed by atoms with Gasteiger partial charge in [-0.15, -0.1) is 0 Å². The Balaban J connectivity index is 2.04. The predicted octanol–water partition coefficient (Wildman–Crippen LogP) is 2.89. The van der Waals surface area contributed by atoms with Gasteiger partial charge in [-0.1, -0.05) is 36.6 Å². The van der Waals surface area contributed by atoms with E-state index in [-0.39, 0.29) is 12.1 Å². The minimum atomic E-state index is -0.198. The van der Waals surface area contributed by atoms with E-state index in [2.05, 4.69) is 16.0 Å². The molecule has 1 aliphatic rings. The fraction of sp³-hybridized carbons (Fsp3) is 0.471. The molecular formula is C17H25ClN4O. The Hall–Kier alpha value is -1.88. The summed E-state index contributed by atoms with van der Waals surface area (Å²) in [5.41, 5.74) is 7.29. The Bertz CT molecular complexity index is 555. The Morgan fingerprint density at radius 1 is 1.43 bits per heavy atom. The van der Waals surface area contributed by atoms with E-state index in [1.807, 2.05) is 24.3 Å². The van der Waals surface area contributed by atoms with E-state index in [0.29, 0.717) is 17.5 Å². The number of hydrogen-bond donors (Lipinski definition) is 4. The summed E-state index contributed by atoms with van der Waals surface area (Å²) in [7, 11) is 1.77. The quantitative estimate of drug-likeness (QED) is 0.645. The van der Waals surface area contributed by atoms with E-state index in [0.717, 1.165) is 24.1 Å². The largest absolute Gasteiger partial charge is 0.403 e. The van der Waals surface area contributed by atoms with Crippen molar-refractivity contribution in [2.45, 2.75) is 31.7 Å². The number of rotatable bonds is 6. The van der Waals surface area contributed by atoms with E-state index >= 15 is 0 Å². The van der Waals surface area contributed by atoms with Gasteiger partial charge >= 0.3 is 6.03 Å². The second-order valence-electron chi connectivity index (χ2n) is 5.85. The molecule has 1 saturated carbocycles. The molecule has 0 saturated heterocycles. The number of amides is 2. The summed E-state index contributed by atoms with van der Waals surface area (Å²) < 4.78 is 0. The number of urea groups is 1. The molecule has 6 heteroatoms. The molecule has 1 aromatic rings. The smallest absolute Gasteiger partial charge is 0.315 e. The summed E-state index contributed by atoms with van der Waals surface area (Å²) >= 11 is 6.11. The highest BCUT2D eigenvalue weighted by molar-refractivity contribution is 6.30. The van der Waals surface area contributed by atoms with Crippen LogP contribution in [-0.2, 0) is 0 Å². The highest BCUT2D eigenvalue weighted by Gasteiger charge is 2.27. The zero-order chi connectivity index (χ0) is 16.7. The number of nitrogens with two attached hydrogens (primary N) is 1. The van der Waals surface area contributed by atoms with Crippen molar-refractivity contribution in [2.75, 3.05) is 13.6 Å². The average Bonchev–Trinajstić information content (AvgIpc) is 3.07.